The molecule has 87 heavy (non-hydrogen) atoms. The van der Waals surface area contributed by atoms with Crippen molar-refractivity contribution in [2.24, 2.45) is 17.8 Å². The van der Waals surface area contributed by atoms with Crippen molar-refractivity contribution < 1.29 is 125 Å². The number of hydrogen-bond acceptors (Lipinski definition) is 26. The number of amides is 1. The van der Waals surface area contributed by atoms with Crippen LogP contribution in [0.1, 0.15) is 92.4 Å². The lowest BCUT2D eigenvalue weighted by Gasteiger charge is -2.47. The van der Waals surface area contributed by atoms with Crippen LogP contribution in [0.25, 0.3) is 0 Å². The third-order valence-electron chi connectivity index (χ3n) is 16.3. The molecule has 1 amide bonds. The van der Waals surface area contributed by atoms with Crippen LogP contribution in [0.2, 0.25) is 0 Å². The van der Waals surface area contributed by atoms with Crippen molar-refractivity contribution in [3.8, 4) is 0 Å². The van der Waals surface area contributed by atoms with Crippen molar-refractivity contribution in [2.75, 3.05) is 19.7 Å². The molecule has 27 atom stereocenters. The van der Waals surface area contributed by atoms with E-state index >= 15 is 0 Å². The number of carbonyl (C=O) groups is 2. The van der Waals surface area contributed by atoms with Crippen molar-refractivity contribution in [3.63, 3.8) is 0 Å². The van der Waals surface area contributed by atoms with Gasteiger partial charge in [0.25, 0.3) is 0 Å². The number of rotatable bonds is 12. The zero-order valence-corrected chi connectivity index (χ0v) is 49.9. The van der Waals surface area contributed by atoms with Crippen LogP contribution < -0.4 is 10.6 Å². The topological polar surface area (TPSA) is 468 Å². The Labute approximate surface area is 507 Å². The fourth-order valence-electron chi connectivity index (χ4n) is 10.6. The Balaban J connectivity index is 1.70. The van der Waals surface area contributed by atoms with Gasteiger partial charge in [-0.05, 0) is 39.5 Å². The summed E-state index contributed by atoms with van der Waals surface area (Å²) in [7, 11) is 0. The van der Waals surface area contributed by atoms with Gasteiger partial charge in [0, 0.05) is 44.1 Å². The molecule has 3 saturated heterocycles. The second-order valence-corrected chi connectivity index (χ2v) is 23.5. The van der Waals surface area contributed by atoms with E-state index in [9.17, 15) is 102 Å². The first-order chi connectivity index (χ1) is 40.9. The van der Waals surface area contributed by atoms with Gasteiger partial charge >= 0.3 is 5.97 Å². The number of esters is 1. The van der Waals surface area contributed by atoms with Crippen molar-refractivity contribution in [1.82, 2.24) is 10.6 Å². The molecular formula is C60H98N2O25. The highest BCUT2D eigenvalue weighted by Crippen LogP contribution is 2.39. The Kier molecular flexibility index (Phi) is 31.6. The Morgan fingerprint density at radius 3 is 1.84 bits per heavy atom. The lowest BCUT2D eigenvalue weighted by atomic mass is 9.82. The molecule has 0 saturated carbocycles. The quantitative estimate of drug-likeness (QED) is 0.0829. The van der Waals surface area contributed by atoms with Gasteiger partial charge in [0.15, 0.2) is 12.1 Å². The van der Waals surface area contributed by atoms with E-state index in [1.807, 2.05) is 0 Å². The summed E-state index contributed by atoms with van der Waals surface area (Å²) in [5.41, 5.74) is 0. The summed E-state index contributed by atoms with van der Waals surface area (Å²) in [5, 5.41) is 201. The largest absolute Gasteiger partial charge is 0.462 e. The number of allylic oxidation sites excluding steroid dienone is 12. The molecule has 4 heterocycles. The smallest absolute Gasteiger partial charge is 0.308 e. The summed E-state index contributed by atoms with van der Waals surface area (Å²) < 4.78 is 29.2. The molecule has 8 unspecified atom stereocenters. The van der Waals surface area contributed by atoms with E-state index in [0.29, 0.717) is 0 Å². The molecule has 4 aliphatic heterocycles. The number of aliphatic hydroxyl groups is 18. The summed E-state index contributed by atoms with van der Waals surface area (Å²) in [6.07, 6.45) is -13.1. The van der Waals surface area contributed by atoms with Gasteiger partial charge in [-0.2, -0.15) is 0 Å². The maximum atomic E-state index is 14.2. The number of aliphatic hydroxyl groups excluding tert-OH is 16. The molecule has 4 rings (SSSR count). The minimum absolute atomic E-state index is 0.00158. The highest BCUT2D eigenvalue weighted by molar-refractivity contribution is 5.80. The maximum Gasteiger partial charge on any atom is 0.308 e. The first kappa shape index (κ1) is 75.7. The normalized spacial score (nSPS) is 43.9. The van der Waals surface area contributed by atoms with E-state index in [4.69, 9.17) is 23.7 Å². The lowest BCUT2D eigenvalue weighted by Crippen LogP contribution is -2.69. The highest BCUT2D eigenvalue weighted by atomic mass is 16.7. The zero-order chi connectivity index (χ0) is 64.9. The van der Waals surface area contributed by atoms with Crippen LogP contribution in [-0.4, -0.2) is 269 Å². The molecule has 3 fully saturated rings. The highest BCUT2D eigenvalue weighted by Gasteiger charge is 2.53. The van der Waals surface area contributed by atoms with E-state index < -0.39 is 221 Å². The second kappa shape index (κ2) is 36.3. The number of carbonyl (C=O) groups excluding carboxylic acids is 2. The molecule has 0 spiro atoms. The van der Waals surface area contributed by atoms with Crippen LogP contribution in [0.3, 0.4) is 0 Å². The van der Waals surface area contributed by atoms with Crippen LogP contribution in [-0.2, 0) is 33.3 Å². The van der Waals surface area contributed by atoms with Crippen LogP contribution in [0, 0.1) is 17.8 Å². The van der Waals surface area contributed by atoms with Gasteiger partial charge in [-0.3, -0.25) is 9.59 Å². The van der Waals surface area contributed by atoms with Crippen molar-refractivity contribution >= 4 is 11.9 Å². The van der Waals surface area contributed by atoms with Crippen molar-refractivity contribution in [2.45, 2.75) is 238 Å². The summed E-state index contributed by atoms with van der Waals surface area (Å²) in [6.45, 7) is 6.03. The van der Waals surface area contributed by atoms with Gasteiger partial charge in [0.05, 0.1) is 111 Å². The van der Waals surface area contributed by atoms with Crippen LogP contribution in [0.15, 0.2) is 85.1 Å². The molecule has 27 nitrogen and oxygen atoms in total. The van der Waals surface area contributed by atoms with Gasteiger partial charge < -0.3 is 126 Å². The molecule has 0 aromatic rings. The van der Waals surface area contributed by atoms with Gasteiger partial charge in [-0.15, -0.1) is 0 Å². The van der Waals surface area contributed by atoms with E-state index in [1.165, 1.54) is 26.0 Å². The molecular weight excluding hydrogens is 1150 g/mol. The SMILES string of the molecule is CCC(O)C(O)C(O)C(O)CNC(=O)C1C2C[C@@H](OC3O[C@H](C)[C@@H](O)[C@H](NC[C@@]4(O)OC[C@@H](O)[C@H](O)[C@@H]4O)[C@@H]3O)/C=C/C=C/C=C/C=C/C=C/C=C/C=C/[C@H](C)[C@@H](O)C(C)[C@H](C)OC(=O)C[C@H](O)C[C@H](O)CC[C@@H](O)[C@H](O)C[C@H](O)C[C@](O)(C[C@@H]1O)O2. The monoisotopic (exact) mass is 1250 g/mol. The first-order valence-electron chi connectivity index (χ1n) is 29.8. The molecule has 0 aromatic carbocycles. The summed E-state index contributed by atoms with van der Waals surface area (Å²) in [4.78, 5) is 27.0. The predicted molar refractivity (Wildman–Crippen MR) is 309 cm³/mol. The average molecular weight is 1250 g/mol. The fourth-order valence-corrected chi connectivity index (χ4v) is 10.6. The average Bonchev–Trinajstić information content (AvgIpc) is 1.46. The van der Waals surface area contributed by atoms with Crippen molar-refractivity contribution in [3.05, 3.63) is 85.1 Å². The molecule has 20 N–H and O–H groups in total. The summed E-state index contributed by atoms with van der Waals surface area (Å²) in [6, 6.07) is -1.42. The zero-order valence-electron chi connectivity index (χ0n) is 49.9. The second-order valence-electron chi connectivity index (χ2n) is 23.5. The first-order valence-corrected chi connectivity index (χ1v) is 29.8. The van der Waals surface area contributed by atoms with Crippen molar-refractivity contribution in [1.29, 1.82) is 0 Å². The fraction of sp³-hybridized carbons (Fsp3) is 0.733. The van der Waals surface area contributed by atoms with Gasteiger partial charge in [-0.25, -0.2) is 0 Å². The number of hydrogen-bond donors (Lipinski definition) is 20. The van der Waals surface area contributed by atoms with E-state index in [-0.39, 0.29) is 31.6 Å². The molecule has 2 bridgehead atoms. The number of cyclic esters (lactones) is 1. The predicted octanol–water partition coefficient (Wildman–Crippen LogP) is -3.97. The molecule has 0 radical (unpaired) electrons. The number of nitrogens with one attached hydrogen (secondary N) is 2. The third kappa shape index (κ3) is 23.4. The van der Waals surface area contributed by atoms with E-state index in [1.54, 1.807) is 93.7 Å². The molecule has 27 heteroatoms. The minimum Gasteiger partial charge on any atom is -0.462 e. The van der Waals surface area contributed by atoms with E-state index in [0.717, 1.165) is 0 Å². The lowest BCUT2D eigenvalue weighted by molar-refractivity contribution is -0.323. The van der Waals surface area contributed by atoms with Crippen LogP contribution in [0.5, 0.6) is 0 Å². The van der Waals surface area contributed by atoms with Gasteiger partial charge in [0.1, 0.15) is 42.7 Å². The third-order valence-corrected chi connectivity index (χ3v) is 16.3. The maximum absolute atomic E-state index is 14.2. The van der Waals surface area contributed by atoms with Crippen LogP contribution >= 0.6 is 0 Å². The molecule has 4 aliphatic rings. The number of fused-ring (bicyclic) bond motifs is 2. The molecule has 0 aliphatic carbocycles. The summed E-state index contributed by atoms with van der Waals surface area (Å²) >= 11 is 0. The van der Waals surface area contributed by atoms with Crippen LogP contribution in [0.4, 0.5) is 0 Å². The van der Waals surface area contributed by atoms with Gasteiger partial charge in [0.2, 0.25) is 11.7 Å². The Morgan fingerprint density at radius 1 is 0.644 bits per heavy atom. The standard InChI is InChI=1S/C60H98N2O25/c1-6-40(66)52(75)53(76)44(70)29-61-57(80)48-43(69)28-59(81)27-38(65)24-42(68)41(67)22-21-36(63)23-37(64)25-47(72)84-34(4)33(3)50(73)32(2)19-17-15-13-11-9-7-8-10-12-14-16-18-20-39(26-46(48)87-59)86-58-55(78)49(51(74)35(5)85-58)62-31-60(82)56(79)54(77)45(71)30-83-60/h7-20,32-46,48-56,58,62-71,73-79,81-82H,6,21-31H2,1-5H3,(H,61,80)/b8-7+,11-9+,12-10+,15-13+,16-14+,19-17+,20-18+/t32-,33?,34-,35+,36+,37+,38-,39-,40?,41+,42+,43-,44?,45+,46?,48?,49-,50+,51+,52?,53?,54-,55-,56-,58?,59+,60+/m0/s1. The minimum atomic E-state index is -2.52. The molecule has 0 aromatic heterocycles. The van der Waals surface area contributed by atoms with E-state index in [2.05, 4.69) is 10.6 Å². The Morgan fingerprint density at radius 2 is 1.23 bits per heavy atom. The Bertz CT molecular complexity index is 2270. The van der Waals surface area contributed by atoms with Gasteiger partial charge in [-0.1, -0.05) is 106 Å². The Hall–Kier alpha value is -3.80. The number of ether oxygens (including phenoxy) is 5. The summed E-state index contributed by atoms with van der Waals surface area (Å²) in [5.74, 6) is -9.35. The molecule has 498 valence electrons.